The van der Waals surface area contributed by atoms with Gasteiger partial charge in [0.1, 0.15) is 12.8 Å². The number of anilines is 1. The van der Waals surface area contributed by atoms with Gasteiger partial charge in [-0.3, -0.25) is 9.59 Å². The average Bonchev–Trinajstić information content (AvgIpc) is 3.04. The highest BCUT2D eigenvalue weighted by molar-refractivity contribution is 5.94. The molecule has 7 nitrogen and oxygen atoms in total. The lowest BCUT2D eigenvalue weighted by atomic mass is 9.97. The molecule has 0 aliphatic carbocycles. The third-order valence-corrected chi connectivity index (χ3v) is 3.98. The second-order valence-electron chi connectivity index (χ2n) is 6.40. The van der Waals surface area contributed by atoms with Crippen molar-refractivity contribution in [1.82, 2.24) is 10.1 Å². The monoisotopic (exact) mass is 339 g/mol. The van der Waals surface area contributed by atoms with E-state index in [0.717, 1.165) is 32.2 Å². The summed E-state index contributed by atoms with van der Waals surface area (Å²) in [7, 11) is 4.07. The molecular formula is C17H31N4O3+. The van der Waals surface area contributed by atoms with Crippen LogP contribution in [-0.2, 0) is 9.59 Å². The van der Waals surface area contributed by atoms with Crippen molar-refractivity contribution in [2.24, 2.45) is 5.92 Å². The summed E-state index contributed by atoms with van der Waals surface area (Å²) in [5, 5.41) is 6.31. The molecular weight excluding hydrogens is 308 g/mol. The van der Waals surface area contributed by atoms with E-state index in [-0.39, 0.29) is 24.3 Å². The van der Waals surface area contributed by atoms with Gasteiger partial charge in [0, 0.05) is 12.0 Å². The number of aromatic nitrogens is 1. The van der Waals surface area contributed by atoms with E-state index in [1.807, 2.05) is 21.0 Å². The number of hydrogen-bond acceptors (Lipinski definition) is 4. The molecule has 0 aliphatic heterocycles. The van der Waals surface area contributed by atoms with Crippen molar-refractivity contribution in [2.75, 3.05) is 39.0 Å². The zero-order chi connectivity index (χ0) is 17.9. The first-order valence-electron chi connectivity index (χ1n) is 8.75. The van der Waals surface area contributed by atoms with E-state index in [1.54, 1.807) is 11.0 Å². The molecule has 0 unspecified atom stereocenters. The molecule has 0 spiro atoms. The zero-order valence-electron chi connectivity index (χ0n) is 15.3. The Kier molecular flexibility index (Phi) is 9.07. The molecule has 0 saturated carbocycles. The molecule has 0 bridgehead atoms. The SMILES string of the molecule is CCCC[C@@H](CC)C(=O)N(CC[NH+](C)C)CC(=O)Nc1ccon1. The van der Waals surface area contributed by atoms with Crippen molar-refractivity contribution in [2.45, 2.75) is 39.5 Å². The Balaban J connectivity index is 2.70. The Hall–Kier alpha value is -1.89. The van der Waals surface area contributed by atoms with E-state index >= 15 is 0 Å². The number of likely N-dealkylation sites (N-methyl/N-ethyl adjacent to an activating group) is 1. The van der Waals surface area contributed by atoms with Crippen molar-refractivity contribution in [3.8, 4) is 0 Å². The number of carbonyl (C=O) groups excluding carboxylic acids is 2. The first kappa shape index (κ1) is 20.2. The summed E-state index contributed by atoms with van der Waals surface area (Å²) in [5.74, 6) is 0.171. The third kappa shape index (κ3) is 7.12. The summed E-state index contributed by atoms with van der Waals surface area (Å²) < 4.78 is 4.70. The summed E-state index contributed by atoms with van der Waals surface area (Å²) >= 11 is 0. The number of nitrogens with zero attached hydrogens (tertiary/aromatic N) is 2. The van der Waals surface area contributed by atoms with E-state index in [2.05, 4.69) is 17.4 Å². The molecule has 0 fully saturated rings. The Bertz CT molecular complexity index is 488. The number of carbonyl (C=O) groups is 2. The van der Waals surface area contributed by atoms with Crippen LogP contribution < -0.4 is 10.2 Å². The van der Waals surface area contributed by atoms with Gasteiger partial charge in [0.25, 0.3) is 0 Å². The molecule has 1 rings (SSSR count). The zero-order valence-corrected chi connectivity index (χ0v) is 15.3. The van der Waals surface area contributed by atoms with Crippen LogP contribution in [0.3, 0.4) is 0 Å². The van der Waals surface area contributed by atoms with E-state index in [0.29, 0.717) is 12.4 Å². The number of unbranched alkanes of at least 4 members (excludes halogenated alkanes) is 1. The lowest BCUT2D eigenvalue weighted by Gasteiger charge is -2.26. The average molecular weight is 339 g/mol. The molecule has 0 aliphatic rings. The van der Waals surface area contributed by atoms with Gasteiger partial charge >= 0.3 is 0 Å². The van der Waals surface area contributed by atoms with Crippen molar-refractivity contribution >= 4 is 17.6 Å². The summed E-state index contributed by atoms with van der Waals surface area (Å²) in [6.07, 6.45) is 5.17. The number of nitrogens with one attached hydrogen (secondary N) is 2. The van der Waals surface area contributed by atoms with Crippen molar-refractivity contribution in [3.05, 3.63) is 12.3 Å². The molecule has 1 atom stereocenters. The van der Waals surface area contributed by atoms with E-state index in [9.17, 15) is 9.59 Å². The van der Waals surface area contributed by atoms with Crippen LogP contribution in [0.4, 0.5) is 5.82 Å². The first-order chi connectivity index (χ1) is 11.5. The number of hydrogen-bond donors (Lipinski definition) is 2. The van der Waals surface area contributed by atoms with Crippen LogP contribution in [0.2, 0.25) is 0 Å². The first-order valence-corrected chi connectivity index (χ1v) is 8.75. The Labute approximate surface area is 144 Å². The van der Waals surface area contributed by atoms with Gasteiger partial charge in [-0.25, -0.2) is 0 Å². The highest BCUT2D eigenvalue weighted by Gasteiger charge is 2.25. The number of amides is 2. The standard InChI is InChI=1S/C17H30N4O3/c1-5-7-8-14(6-2)17(23)21(11-10-20(3)4)13-16(22)18-15-9-12-24-19-15/h9,12,14H,5-8,10-11,13H2,1-4H3,(H,18,19,22)/p+1/t14-/m1/s1. The van der Waals surface area contributed by atoms with Gasteiger partial charge in [0.05, 0.1) is 27.2 Å². The van der Waals surface area contributed by atoms with E-state index in [4.69, 9.17) is 4.52 Å². The van der Waals surface area contributed by atoms with Gasteiger partial charge in [-0.15, -0.1) is 0 Å². The van der Waals surface area contributed by atoms with Crippen molar-refractivity contribution < 1.29 is 19.0 Å². The number of quaternary nitrogens is 1. The van der Waals surface area contributed by atoms with Crippen LogP contribution >= 0.6 is 0 Å². The minimum atomic E-state index is -0.253. The van der Waals surface area contributed by atoms with Crippen molar-refractivity contribution in [1.29, 1.82) is 0 Å². The maximum absolute atomic E-state index is 12.8. The largest absolute Gasteiger partial charge is 0.363 e. The normalized spacial score (nSPS) is 12.2. The van der Waals surface area contributed by atoms with Crippen LogP contribution in [-0.4, -0.2) is 55.6 Å². The molecule has 2 N–H and O–H groups in total. The second kappa shape index (κ2) is 10.8. The van der Waals surface area contributed by atoms with Gasteiger partial charge in [0.15, 0.2) is 5.82 Å². The minimum absolute atomic E-state index is 0.0121. The maximum atomic E-state index is 12.8. The van der Waals surface area contributed by atoms with Gasteiger partial charge in [0.2, 0.25) is 11.8 Å². The Morgan fingerprint density at radius 3 is 2.67 bits per heavy atom. The highest BCUT2D eigenvalue weighted by atomic mass is 16.5. The predicted octanol–water partition coefficient (Wildman–Crippen LogP) is 0.803. The summed E-state index contributed by atoms with van der Waals surface area (Å²) in [5.41, 5.74) is 0. The molecule has 2 amide bonds. The lowest BCUT2D eigenvalue weighted by Crippen LogP contribution is -3.06. The molecule has 7 heteroatoms. The Morgan fingerprint density at radius 2 is 2.12 bits per heavy atom. The van der Waals surface area contributed by atoms with Crippen LogP contribution in [0, 0.1) is 5.92 Å². The van der Waals surface area contributed by atoms with Crippen LogP contribution in [0.5, 0.6) is 0 Å². The quantitative estimate of drug-likeness (QED) is 0.625. The maximum Gasteiger partial charge on any atom is 0.245 e. The molecule has 1 aromatic heterocycles. The van der Waals surface area contributed by atoms with Crippen molar-refractivity contribution in [3.63, 3.8) is 0 Å². The fourth-order valence-electron chi connectivity index (χ4n) is 2.47. The molecule has 1 aromatic rings. The van der Waals surface area contributed by atoms with Crippen LogP contribution in [0.25, 0.3) is 0 Å². The van der Waals surface area contributed by atoms with E-state index in [1.165, 1.54) is 11.2 Å². The van der Waals surface area contributed by atoms with Gasteiger partial charge < -0.3 is 19.6 Å². The molecule has 24 heavy (non-hydrogen) atoms. The topological polar surface area (TPSA) is 79.9 Å². The minimum Gasteiger partial charge on any atom is -0.363 e. The number of rotatable bonds is 11. The fourth-order valence-corrected chi connectivity index (χ4v) is 2.47. The predicted molar refractivity (Wildman–Crippen MR) is 92.7 cm³/mol. The molecule has 0 aromatic carbocycles. The van der Waals surface area contributed by atoms with Crippen LogP contribution in [0.1, 0.15) is 39.5 Å². The lowest BCUT2D eigenvalue weighted by molar-refractivity contribution is -0.857. The second-order valence-corrected chi connectivity index (χ2v) is 6.40. The summed E-state index contributed by atoms with van der Waals surface area (Å²) in [6, 6.07) is 1.57. The molecule has 136 valence electrons. The molecule has 1 heterocycles. The molecule has 0 saturated heterocycles. The van der Waals surface area contributed by atoms with Crippen LogP contribution in [0.15, 0.2) is 16.9 Å². The highest BCUT2D eigenvalue weighted by Crippen LogP contribution is 2.16. The smallest absolute Gasteiger partial charge is 0.245 e. The van der Waals surface area contributed by atoms with Gasteiger partial charge in [-0.1, -0.05) is 31.8 Å². The fraction of sp³-hybridized carbons (Fsp3) is 0.706. The Morgan fingerprint density at radius 1 is 1.38 bits per heavy atom. The van der Waals surface area contributed by atoms with Gasteiger partial charge in [-0.05, 0) is 12.8 Å². The summed E-state index contributed by atoms with van der Waals surface area (Å²) in [6.45, 7) is 5.56. The van der Waals surface area contributed by atoms with Gasteiger partial charge in [-0.2, -0.15) is 0 Å². The summed E-state index contributed by atoms with van der Waals surface area (Å²) in [4.78, 5) is 27.9. The van der Waals surface area contributed by atoms with E-state index < -0.39 is 0 Å². The third-order valence-electron chi connectivity index (χ3n) is 3.98. The molecule has 0 radical (unpaired) electrons.